The number of carbonyl (C=O) groups excluding carboxylic acids is 4. The molecule has 60 heavy (non-hydrogen) atoms. The number of ether oxygens (including phenoxy) is 4. The van der Waals surface area contributed by atoms with Gasteiger partial charge in [0.25, 0.3) is 11.6 Å². The molecule has 3 atom stereocenters. The van der Waals surface area contributed by atoms with E-state index in [9.17, 15) is 29.3 Å². The molecule has 0 saturated heterocycles. The summed E-state index contributed by atoms with van der Waals surface area (Å²) in [5.74, 6) is -2.28. The van der Waals surface area contributed by atoms with Crippen LogP contribution in [0.4, 0.5) is 17.1 Å². The van der Waals surface area contributed by atoms with Crippen molar-refractivity contribution in [3.8, 4) is 5.75 Å². The molecule has 3 unspecified atom stereocenters. The Morgan fingerprint density at radius 3 is 2.32 bits per heavy atom. The van der Waals surface area contributed by atoms with Gasteiger partial charge in [-0.15, -0.1) is 11.8 Å². The zero-order valence-corrected chi connectivity index (χ0v) is 34.9. The van der Waals surface area contributed by atoms with Crippen LogP contribution in [0.2, 0.25) is 0 Å². The second-order valence-electron chi connectivity index (χ2n) is 14.2. The lowest BCUT2D eigenvalue weighted by Crippen LogP contribution is -2.42. The van der Waals surface area contributed by atoms with Gasteiger partial charge in [-0.3, -0.25) is 19.7 Å². The van der Waals surface area contributed by atoms with Gasteiger partial charge < -0.3 is 34.1 Å². The molecule has 2 aliphatic rings. The van der Waals surface area contributed by atoms with Gasteiger partial charge in [0.1, 0.15) is 5.75 Å². The normalized spacial score (nSPS) is 17.7. The van der Waals surface area contributed by atoms with Gasteiger partial charge in [-0.05, 0) is 73.4 Å². The van der Waals surface area contributed by atoms with E-state index in [4.69, 9.17) is 18.9 Å². The number of nitro benzene ring substituents is 1. The number of methoxy groups -OCH3 is 2. The molecule has 312 valence electrons. The van der Waals surface area contributed by atoms with Crippen LogP contribution in [0.1, 0.15) is 55.1 Å². The van der Waals surface area contributed by atoms with Crippen LogP contribution < -0.4 is 19.9 Å². The summed E-state index contributed by atoms with van der Waals surface area (Å²) >= 11 is 1.46. The lowest BCUT2D eigenvalue weighted by atomic mass is 9.84. The van der Waals surface area contributed by atoms with E-state index in [1.807, 2.05) is 84.7 Å². The number of thioether (sulfide) groups is 1. The topological polar surface area (TPSA) is 167 Å². The fourth-order valence-electron chi connectivity index (χ4n) is 7.37. The summed E-state index contributed by atoms with van der Waals surface area (Å²) in [6.45, 7) is 5.10. The number of nitro groups is 1. The highest BCUT2D eigenvalue weighted by atomic mass is 32.2. The summed E-state index contributed by atoms with van der Waals surface area (Å²) in [5, 5.41) is 14.5. The Labute approximate surface area is 352 Å². The van der Waals surface area contributed by atoms with Crippen LogP contribution in [-0.4, -0.2) is 69.3 Å². The van der Waals surface area contributed by atoms with Crippen LogP contribution in [0.15, 0.2) is 124 Å². The van der Waals surface area contributed by atoms with Crippen LogP contribution in [-0.2, 0) is 39.9 Å². The number of nitrogens with zero attached hydrogens (tertiary/aromatic N) is 3. The fraction of sp³-hybridized carbons (Fsp3) is 0.289. The summed E-state index contributed by atoms with van der Waals surface area (Å²) in [6.07, 6.45) is -1.09. The van der Waals surface area contributed by atoms with E-state index in [1.165, 1.54) is 37.9 Å². The Balaban J connectivity index is 1.32. The van der Waals surface area contributed by atoms with Gasteiger partial charge in [0, 0.05) is 54.0 Å². The van der Waals surface area contributed by atoms with Gasteiger partial charge in [0.2, 0.25) is 0 Å². The second-order valence-corrected chi connectivity index (χ2v) is 15.4. The molecule has 14 nitrogen and oxygen atoms in total. The van der Waals surface area contributed by atoms with Gasteiger partial charge in [-0.25, -0.2) is 9.59 Å². The summed E-state index contributed by atoms with van der Waals surface area (Å²) < 4.78 is 21.8. The number of amides is 1. The van der Waals surface area contributed by atoms with Crippen molar-refractivity contribution >= 4 is 52.6 Å². The smallest absolute Gasteiger partial charge is 0.336 e. The number of allylic oxidation sites excluding steroid dienone is 1. The highest BCUT2D eigenvalue weighted by molar-refractivity contribution is 7.99. The third-order valence-electron chi connectivity index (χ3n) is 10.3. The van der Waals surface area contributed by atoms with Gasteiger partial charge in [0.15, 0.2) is 6.10 Å². The molecule has 2 aliphatic heterocycles. The van der Waals surface area contributed by atoms with E-state index >= 15 is 0 Å². The van der Waals surface area contributed by atoms with Crippen molar-refractivity contribution in [2.45, 2.75) is 55.9 Å². The number of hydrogen-bond acceptors (Lipinski definition) is 13. The molecule has 0 bridgehead atoms. The van der Waals surface area contributed by atoms with Crippen molar-refractivity contribution in [1.82, 2.24) is 5.32 Å². The van der Waals surface area contributed by atoms with Gasteiger partial charge >= 0.3 is 17.9 Å². The minimum absolute atomic E-state index is 0.0265. The van der Waals surface area contributed by atoms with Crippen LogP contribution in [0, 0.1) is 10.1 Å². The van der Waals surface area contributed by atoms with E-state index in [0.29, 0.717) is 28.4 Å². The lowest BCUT2D eigenvalue weighted by molar-refractivity contribution is -0.384. The molecule has 0 fully saturated rings. The molecule has 1 N–H and O–H groups in total. The molecule has 2 heterocycles. The predicted octanol–water partition coefficient (Wildman–Crippen LogP) is 7.39. The molecule has 0 aliphatic carbocycles. The van der Waals surface area contributed by atoms with Crippen LogP contribution in [0.3, 0.4) is 0 Å². The Morgan fingerprint density at radius 1 is 0.950 bits per heavy atom. The number of rotatable bonds is 13. The predicted molar refractivity (Wildman–Crippen MR) is 226 cm³/mol. The zero-order valence-electron chi connectivity index (χ0n) is 34.1. The molecule has 0 saturated carbocycles. The molecule has 4 aromatic carbocycles. The first kappa shape index (κ1) is 43.0. The minimum atomic E-state index is -1.12. The molecule has 1 amide bonds. The van der Waals surface area contributed by atoms with Crippen molar-refractivity contribution in [2.24, 2.45) is 0 Å². The van der Waals surface area contributed by atoms with Gasteiger partial charge in [-0.2, -0.15) is 0 Å². The zero-order chi connectivity index (χ0) is 43.1. The largest absolute Gasteiger partial charge is 0.497 e. The van der Waals surface area contributed by atoms with Gasteiger partial charge in [-0.1, -0.05) is 48.5 Å². The van der Waals surface area contributed by atoms with Crippen molar-refractivity contribution in [1.29, 1.82) is 0 Å². The lowest BCUT2D eigenvalue weighted by Gasteiger charge is -2.28. The van der Waals surface area contributed by atoms with E-state index in [2.05, 4.69) is 5.32 Å². The third-order valence-corrected chi connectivity index (χ3v) is 11.7. The van der Waals surface area contributed by atoms with Crippen molar-refractivity contribution in [2.75, 3.05) is 44.2 Å². The van der Waals surface area contributed by atoms with Crippen LogP contribution >= 0.6 is 11.8 Å². The summed E-state index contributed by atoms with van der Waals surface area (Å²) in [5.41, 5.74) is 4.79. The van der Waals surface area contributed by atoms with Crippen LogP contribution in [0.5, 0.6) is 5.75 Å². The molecular formula is C45H46N4O10S. The van der Waals surface area contributed by atoms with Crippen molar-refractivity contribution in [3.05, 3.63) is 146 Å². The average Bonchev–Trinajstić information content (AvgIpc) is 3.46. The Kier molecular flexibility index (Phi) is 13.6. The molecule has 4 aromatic rings. The number of nitrogens with one attached hydrogen (secondary N) is 1. The van der Waals surface area contributed by atoms with E-state index in [0.717, 1.165) is 21.7 Å². The third kappa shape index (κ3) is 9.47. The molecule has 6 rings (SSSR count). The quantitative estimate of drug-likeness (QED) is 0.0614. The van der Waals surface area contributed by atoms with E-state index < -0.39 is 40.1 Å². The summed E-state index contributed by atoms with van der Waals surface area (Å²) in [7, 11) is 4.69. The first-order valence-electron chi connectivity index (χ1n) is 19.2. The molecule has 0 spiro atoms. The minimum Gasteiger partial charge on any atom is -0.497 e. The number of anilines is 2. The maximum atomic E-state index is 14.5. The molecule has 0 aromatic heterocycles. The fourth-order valence-corrected chi connectivity index (χ4v) is 8.69. The van der Waals surface area contributed by atoms with E-state index in [-0.39, 0.29) is 48.9 Å². The van der Waals surface area contributed by atoms with Crippen molar-refractivity contribution in [3.63, 3.8) is 0 Å². The number of esters is 3. The Morgan fingerprint density at radius 2 is 1.67 bits per heavy atom. The van der Waals surface area contributed by atoms with Crippen LogP contribution in [0.25, 0.3) is 0 Å². The number of hydrogen-bond donors (Lipinski definition) is 1. The number of benzene rings is 4. The second kappa shape index (κ2) is 19.0. The summed E-state index contributed by atoms with van der Waals surface area (Å²) in [6, 6.07) is 28.5. The number of para-hydroxylation sites is 1. The molecule has 15 heteroatoms. The van der Waals surface area contributed by atoms with Gasteiger partial charge in [0.05, 0.1) is 60.9 Å². The first-order valence-corrected chi connectivity index (χ1v) is 20.1. The maximum Gasteiger partial charge on any atom is 0.336 e. The molecular weight excluding hydrogens is 789 g/mol. The monoisotopic (exact) mass is 834 g/mol. The Hall–Kier alpha value is -6.61. The number of likely N-dealkylation sites (N-methyl/N-ethyl adjacent to an activating group) is 1. The first-order chi connectivity index (χ1) is 28.8. The highest BCUT2D eigenvalue weighted by Gasteiger charge is 2.41. The van der Waals surface area contributed by atoms with Crippen molar-refractivity contribution < 1.29 is 43.0 Å². The summed E-state index contributed by atoms with van der Waals surface area (Å²) in [4.78, 5) is 69.5. The highest BCUT2D eigenvalue weighted by Crippen LogP contribution is 2.47. The number of fused-ring (bicyclic) bond motifs is 1. The number of carbonyl (C=O) groups is 4. The molecule has 0 radical (unpaired) electrons. The number of non-ortho nitro benzene ring substituents is 1. The standard InChI is InChI=1S/C45H46N4O10S/c1-7-58-45(53)40-36(31-11-10-12-33(23-31)49(54)55)24-35(44(52)57-6)27(2)46-37(40)26-47(4)32-19-15-29(16-20-32)25-48-38-13-8-9-14-39(38)60-42(41(43(48)51)59-28(3)50)30-17-21-34(56-5)22-18-30/h8-23,36,41-42,46H,7,24-26H2,1-6H3. The average molecular weight is 835 g/mol. The maximum absolute atomic E-state index is 14.5. The SMILES string of the molecule is CCOC(=O)C1=C(CN(C)c2ccc(CN3C(=O)C(OC(C)=O)C(c4ccc(OC)cc4)Sc4ccccc43)cc2)NC(C)=C(C(=O)OC)CC1c1cccc([N+](=O)[O-])c1. The van der Waals surface area contributed by atoms with E-state index in [1.54, 1.807) is 38.0 Å². The Bertz CT molecular complexity index is 2340.